The van der Waals surface area contributed by atoms with Crippen molar-refractivity contribution in [2.45, 2.75) is 32.9 Å². The first-order valence-corrected chi connectivity index (χ1v) is 7.79. The lowest BCUT2D eigenvalue weighted by molar-refractivity contribution is -0.146. The third-order valence-corrected chi connectivity index (χ3v) is 4.03. The molecule has 2 aromatic rings. The van der Waals surface area contributed by atoms with Crippen LogP contribution in [0, 0.1) is 5.92 Å². The summed E-state index contributed by atoms with van der Waals surface area (Å²) in [6, 6.07) is 6.19. The van der Waals surface area contributed by atoms with E-state index in [-0.39, 0.29) is 18.0 Å². The number of para-hydroxylation sites is 1. The Morgan fingerprint density at radius 2 is 2.04 bits per heavy atom. The van der Waals surface area contributed by atoms with Crippen LogP contribution in [0.4, 0.5) is 0 Å². The molecular formula is C17H21N3O4. The van der Waals surface area contributed by atoms with Gasteiger partial charge in [-0.1, -0.05) is 32.4 Å². The van der Waals surface area contributed by atoms with Gasteiger partial charge in [0, 0.05) is 0 Å². The normalized spacial score (nSPS) is 13.3. The monoisotopic (exact) mass is 331 g/mol. The second-order valence-electron chi connectivity index (χ2n) is 5.65. The van der Waals surface area contributed by atoms with Crippen LogP contribution in [-0.2, 0) is 20.9 Å². The van der Waals surface area contributed by atoms with Crippen molar-refractivity contribution in [2.24, 2.45) is 5.92 Å². The van der Waals surface area contributed by atoms with Gasteiger partial charge in [-0.25, -0.2) is 9.78 Å². The molecule has 1 N–H and O–H groups in total. The number of benzene rings is 1. The summed E-state index contributed by atoms with van der Waals surface area (Å²) in [5.41, 5.74) is 0.278. The molecule has 1 aromatic heterocycles. The molecule has 0 aliphatic carbocycles. The fourth-order valence-electron chi connectivity index (χ4n) is 2.39. The number of nitrogens with one attached hydrogen (secondary N) is 1. The van der Waals surface area contributed by atoms with Crippen molar-refractivity contribution >= 4 is 22.8 Å². The van der Waals surface area contributed by atoms with E-state index in [1.807, 2.05) is 13.8 Å². The number of esters is 1. The van der Waals surface area contributed by atoms with Crippen LogP contribution in [0.15, 0.2) is 35.4 Å². The first-order valence-electron chi connectivity index (χ1n) is 7.79. The third kappa shape index (κ3) is 3.79. The Kier molecular flexibility index (Phi) is 5.68. The van der Waals surface area contributed by atoms with Crippen molar-refractivity contribution in [1.82, 2.24) is 14.9 Å². The van der Waals surface area contributed by atoms with Crippen LogP contribution in [0.1, 0.15) is 20.3 Å². The molecule has 1 amide bonds. The van der Waals surface area contributed by atoms with Gasteiger partial charge < -0.3 is 10.1 Å². The highest BCUT2D eigenvalue weighted by atomic mass is 16.5. The molecule has 0 aliphatic rings. The van der Waals surface area contributed by atoms with Crippen LogP contribution in [0.3, 0.4) is 0 Å². The molecule has 2 rings (SSSR count). The summed E-state index contributed by atoms with van der Waals surface area (Å²) in [6.07, 6.45) is 2.04. The summed E-state index contributed by atoms with van der Waals surface area (Å²) in [6.45, 7) is 3.57. The van der Waals surface area contributed by atoms with Crippen molar-refractivity contribution in [3.63, 3.8) is 0 Å². The van der Waals surface area contributed by atoms with E-state index in [1.165, 1.54) is 18.0 Å². The molecule has 7 heteroatoms. The maximum Gasteiger partial charge on any atom is 0.328 e. The molecule has 1 aromatic carbocycles. The second kappa shape index (κ2) is 7.72. The van der Waals surface area contributed by atoms with Crippen molar-refractivity contribution in [2.75, 3.05) is 7.11 Å². The van der Waals surface area contributed by atoms with E-state index in [9.17, 15) is 14.4 Å². The summed E-state index contributed by atoms with van der Waals surface area (Å²) < 4.78 is 5.96. The van der Waals surface area contributed by atoms with E-state index in [0.29, 0.717) is 17.3 Å². The highest BCUT2D eigenvalue weighted by Gasteiger charge is 2.26. The number of aromatic nitrogens is 2. The van der Waals surface area contributed by atoms with E-state index >= 15 is 0 Å². The molecule has 7 nitrogen and oxygen atoms in total. The molecule has 0 bridgehead atoms. The predicted octanol–water partition coefficient (Wildman–Crippen LogP) is 1.10. The topological polar surface area (TPSA) is 90.3 Å². The van der Waals surface area contributed by atoms with Gasteiger partial charge in [0.2, 0.25) is 5.91 Å². The van der Waals surface area contributed by atoms with Crippen LogP contribution >= 0.6 is 0 Å². The predicted molar refractivity (Wildman–Crippen MR) is 89.4 cm³/mol. The molecule has 0 aliphatic heterocycles. The van der Waals surface area contributed by atoms with Gasteiger partial charge in [0.1, 0.15) is 12.6 Å². The van der Waals surface area contributed by atoms with Gasteiger partial charge in [0.15, 0.2) is 0 Å². The van der Waals surface area contributed by atoms with Crippen LogP contribution < -0.4 is 10.9 Å². The molecule has 0 radical (unpaired) electrons. The van der Waals surface area contributed by atoms with Gasteiger partial charge in [-0.15, -0.1) is 0 Å². The summed E-state index contributed by atoms with van der Waals surface area (Å²) in [4.78, 5) is 40.6. The summed E-state index contributed by atoms with van der Waals surface area (Å²) >= 11 is 0. The Hall–Kier alpha value is -2.70. The van der Waals surface area contributed by atoms with Gasteiger partial charge in [0.05, 0.1) is 24.3 Å². The highest BCUT2D eigenvalue weighted by molar-refractivity contribution is 5.84. The molecule has 2 unspecified atom stereocenters. The number of methoxy groups -OCH3 is 1. The lowest BCUT2D eigenvalue weighted by Gasteiger charge is -2.22. The highest BCUT2D eigenvalue weighted by Crippen LogP contribution is 2.09. The van der Waals surface area contributed by atoms with Crippen molar-refractivity contribution in [3.05, 3.63) is 40.9 Å². The van der Waals surface area contributed by atoms with Crippen molar-refractivity contribution < 1.29 is 14.3 Å². The van der Waals surface area contributed by atoms with E-state index in [4.69, 9.17) is 4.74 Å². The first-order chi connectivity index (χ1) is 11.5. The van der Waals surface area contributed by atoms with Gasteiger partial charge in [0.25, 0.3) is 5.56 Å². The lowest BCUT2D eigenvalue weighted by atomic mass is 9.99. The zero-order valence-corrected chi connectivity index (χ0v) is 14.0. The van der Waals surface area contributed by atoms with Crippen LogP contribution in [-0.4, -0.2) is 34.6 Å². The first kappa shape index (κ1) is 17.7. The molecule has 0 fully saturated rings. The Labute approximate surface area is 139 Å². The number of hydrogen-bond donors (Lipinski definition) is 1. The Morgan fingerprint density at radius 3 is 2.71 bits per heavy atom. The number of amides is 1. The van der Waals surface area contributed by atoms with Crippen LogP contribution in [0.25, 0.3) is 10.9 Å². The maximum atomic E-state index is 12.4. The van der Waals surface area contributed by atoms with Crippen molar-refractivity contribution in [3.8, 4) is 0 Å². The van der Waals surface area contributed by atoms with Gasteiger partial charge in [-0.3, -0.25) is 14.2 Å². The lowest BCUT2D eigenvalue weighted by Crippen LogP contribution is -2.47. The Bertz CT molecular complexity index is 800. The zero-order chi connectivity index (χ0) is 17.7. The standard InChI is InChI=1S/C17H21N3O4/c1-4-11(2)15(17(23)24-3)19-14(21)9-20-10-18-13-8-6-5-7-12(13)16(20)22/h5-8,10-11,15H,4,9H2,1-3H3,(H,19,21). The number of ether oxygens (including phenoxy) is 1. The van der Waals surface area contributed by atoms with Gasteiger partial charge >= 0.3 is 5.97 Å². The van der Waals surface area contributed by atoms with Crippen LogP contribution in [0.2, 0.25) is 0 Å². The molecule has 0 saturated heterocycles. The average Bonchev–Trinajstić information content (AvgIpc) is 2.61. The van der Waals surface area contributed by atoms with Crippen molar-refractivity contribution in [1.29, 1.82) is 0 Å². The van der Waals surface area contributed by atoms with Crippen LogP contribution in [0.5, 0.6) is 0 Å². The quantitative estimate of drug-likeness (QED) is 0.801. The average molecular weight is 331 g/mol. The molecule has 2 atom stereocenters. The van der Waals surface area contributed by atoms with E-state index in [1.54, 1.807) is 24.3 Å². The Morgan fingerprint density at radius 1 is 1.33 bits per heavy atom. The number of carbonyl (C=O) groups is 2. The second-order valence-corrected chi connectivity index (χ2v) is 5.65. The fraction of sp³-hybridized carbons (Fsp3) is 0.412. The Balaban J connectivity index is 2.18. The minimum Gasteiger partial charge on any atom is -0.467 e. The number of hydrogen-bond acceptors (Lipinski definition) is 5. The molecule has 128 valence electrons. The summed E-state index contributed by atoms with van der Waals surface area (Å²) in [5.74, 6) is -1.01. The van der Waals surface area contributed by atoms with E-state index in [0.717, 1.165) is 0 Å². The summed E-state index contributed by atoms with van der Waals surface area (Å²) in [7, 11) is 1.28. The smallest absolute Gasteiger partial charge is 0.328 e. The molecule has 24 heavy (non-hydrogen) atoms. The minimum absolute atomic E-state index is 0.0761. The SMILES string of the molecule is CCC(C)C(NC(=O)Cn1cnc2ccccc2c1=O)C(=O)OC. The largest absolute Gasteiger partial charge is 0.467 e. The number of rotatable bonds is 6. The molecular weight excluding hydrogens is 310 g/mol. The molecule has 1 heterocycles. The number of fused-ring (bicyclic) bond motifs is 1. The minimum atomic E-state index is -0.739. The molecule has 0 saturated carbocycles. The van der Waals surface area contributed by atoms with E-state index < -0.39 is 17.9 Å². The summed E-state index contributed by atoms with van der Waals surface area (Å²) in [5, 5.41) is 3.08. The number of nitrogens with zero attached hydrogens (tertiary/aromatic N) is 2. The van der Waals surface area contributed by atoms with Gasteiger partial charge in [-0.2, -0.15) is 0 Å². The zero-order valence-electron chi connectivity index (χ0n) is 14.0. The fourth-order valence-corrected chi connectivity index (χ4v) is 2.39. The number of carbonyl (C=O) groups excluding carboxylic acids is 2. The maximum absolute atomic E-state index is 12.4. The van der Waals surface area contributed by atoms with Gasteiger partial charge in [-0.05, 0) is 18.1 Å². The van der Waals surface area contributed by atoms with E-state index in [2.05, 4.69) is 10.3 Å². The third-order valence-electron chi connectivity index (χ3n) is 4.03. The molecule has 0 spiro atoms.